The molecule has 3 aromatic carbocycles. The molecule has 1 aliphatic rings. The van der Waals surface area contributed by atoms with E-state index in [4.69, 9.17) is 20.2 Å². The maximum absolute atomic E-state index is 13.5. The number of amidine groups is 1. The van der Waals surface area contributed by atoms with Gasteiger partial charge in [-0.25, -0.2) is 4.99 Å². The van der Waals surface area contributed by atoms with Crippen molar-refractivity contribution in [3.05, 3.63) is 94.4 Å². The summed E-state index contributed by atoms with van der Waals surface area (Å²) in [7, 11) is 0. The maximum atomic E-state index is 13.5. The molecular formula is C28H27N3O4S. The highest BCUT2D eigenvalue weighted by Gasteiger charge is 2.33. The third kappa shape index (κ3) is 6.34. The molecule has 3 aromatic rings. The van der Waals surface area contributed by atoms with Crippen LogP contribution >= 0.6 is 11.8 Å². The van der Waals surface area contributed by atoms with E-state index < -0.39 is 5.91 Å². The zero-order chi connectivity index (χ0) is 25.5. The molecule has 0 unspecified atom stereocenters. The van der Waals surface area contributed by atoms with Crippen molar-refractivity contribution in [3.63, 3.8) is 0 Å². The number of ether oxygens (including phenoxy) is 2. The van der Waals surface area contributed by atoms with Crippen LogP contribution in [0.4, 0.5) is 5.69 Å². The number of aryl methyl sites for hydroxylation is 1. The van der Waals surface area contributed by atoms with Gasteiger partial charge in [-0.05, 0) is 67.1 Å². The summed E-state index contributed by atoms with van der Waals surface area (Å²) in [6.07, 6.45) is 1.81. The van der Waals surface area contributed by atoms with Gasteiger partial charge in [0.2, 0.25) is 0 Å². The normalized spacial score (nSPS) is 15.5. The number of carbonyl (C=O) groups excluding carboxylic acids is 2. The number of benzene rings is 3. The summed E-state index contributed by atoms with van der Waals surface area (Å²) in [6, 6.07) is 23.0. The summed E-state index contributed by atoms with van der Waals surface area (Å²) in [5.41, 5.74) is 8.89. The third-order valence-electron chi connectivity index (χ3n) is 5.27. The monoisotopic (exact) mass is 501 g/mol. The van der Waals surface area contributed by atoms with E-state index in [2.05, 4.69) is 0 Å². The van der Waals surface area contributed by atoms with Crippen LogP contribution in [0.3, 0.4) is 0 Å². The predicted octanol–water partition coefficient (Wildman–Crippen LogP) is 5.06. The van der Waals surface area contributed by atoms with Gasteiger partial charge in [-0.2, -0.15) is 0 Å². The van der Waals surface area contributed by atoms with Crippen molar-refractivity contribution in [3.8, 4) is 11.5 Å². The molecule has 0 spiro atoms. The Morgan fingerprint density at radius 2 is 1.78 bits per heavy atom. The van der Waals surface area contributed by atoms with E-state index in [0.717, 1.165) is 22.4 Å². The minimum atomic E-state index is -0.574. The van der Waals surface area contributed by atoms with Gasteiger partial charge in [-0.3, -0.25) is 14.5 Å². The van der Waals surface area contributed by atoms with Crippen molar-refractivity contribution in [2.45, 2.75) is 20.4 Å². The molecule has 2 amide bonds. The van der Waals surface area contributed by atoms with Gasteiger partial charge in [0.05, 0.1) is 23.7 Å². The molecule has 0 aliphatic carbocycles. The van der Waals surface area contributed by atoms with Crippen LogP contribution < -0.4 is 15.2 Å². The van der Waals surface area contributed by atoms with Crippen LogP contribution in [0.1, 0.15) is 23.6 Å². The molecule has 8 heteroatoms. The highest BCUT2D eigenvalue weighted by Crippen LogP contribution is 2.36. The molecule has 1 aliphatic heterocycles. The lowest BCUT2D eigenvalue weighted by atomic mass is 10.1. The van der Waals surface area contributed by atoms with E-state index in [1.165, 1.54) is 11.8 Å². The number of primary amides is 1. The molecule has 0 aromatic heterocycles. The van der Waals surface area contributed by atoms with Crippen molar-refractivity contribution in [2.75, 3.05) is 13.2 Å². The zero-order valence-electron chi connectivity index (χ0n) is 20.1. The van der Waals surface area contributed by atoms with Crippen LogP contribution in [0.25, 0.3) is 6.08 Å². The number of rotatable bonds is 9. The molecule has 4 rings (SSSR count). The van der Waals surface area contributed by atoms with Gasteiger partial charge >= 0.3 is 0 Å². The Hall–Kier alpha value is -4.04. The highest BCUT2D eigenvalue weighted by molar-refractivity contribution is 8.18. The lowest BCUT2D eigenvalue weighted by Gasteiger charge is -2.15. The minimum absolute atomic E-state index is 0.123. The van der Waals surface area contributed by atoms with Crippen molar-refractivity contribution in [1.29, 1.82) is 0 Å². The molecule has 0 saturated carbocycles. The summed E-state index contributed by atoms with van der Waals surface area (Å²) >= 11 is 1.33. The SMILES string of the molecule is CCOc1cc(/C=C2/SC(=Nc3ccc(C)cc3)N(Cc3ccccc3)C2=O)ccc1OCC(N)=O. The van der Waals surface area contributed by atoms with Gasteiger partial charge in [-0.15, -0.1) is 0 Å². The first kappa shape index (κ1) is 25.1. The molecule has 0 bridgehead atoms. The summed E-state index contributed by atoms with van der Waals surface area (Å²) in [5, 5.41) is 0.616. The van der Waals surface area contributed by atoms with Gasteiger partial charge in [-0.1, -0.05) is 54.1 Å². The second-order valence-corrected chi connectivity index (χ2v) is 9.12. The fourth-order valence-corrected chi connectivity index (χ4v) is 4.53. The lowest BCUT2D eigenvalue weighted by Crippen LogP contribution is -2.28. The van der Waals surface area contributed by atoms with E-state index >= 15 is 0 Å². The van der Waals surface area contributed by atoms with Crippen molar-refractivity contribution in [2.24, 2.45) is 10.7 Å². The Balaban J connectivity index is 1.66. The fraction of sp³-hybridized carbons (Fsp3) is 0.179. The molecule has 7 nitrogen and oxygen atoms in total. The van der Waals surface area contributed by atoms with Gasteiger partial charge in [0, 0.05) is 0 Å². The Kier molecular flexibility index (Phi) is 8.07. The van der Waals surface area contributed by atoms with Crippen molar-refractivity contribution in [1.82, 2.24) is 4.90 Å². The molecule has 1 heterocycles. The smallest absolute Gasteiger partial charge is 0.267 e. The topological polar surface area (TPSA) is 94.2 Å². The largest absolute Gasteiger partial charge is 0.490 e. The maximum Gasteiger partial charge on any atom is 0.267 e. The quantitative estimate of drug-likeness (QED) is 0.414. The minimum Gasteiger partial charge on any atom is -0.490 e. The first-order chi connectivity index (χ1) is 17.4. The third-order valence-corrected chi connectivity index (χ3v) is 6.27. The average molecular weight is 502 g/mol. The molecular weight excluding hydrogens is 474 g/mol. The summed E-state index contributed by atoms with van der Waals surface area (Å²) in [5.74, 6) is 0.186. The van der Waals surface area contributed by atoms with E-state index in [9.17, 15) is 9.59 Å². The zero-order valence-corrected chi connectivity index (χ0v) is 21.0. The second-order valence-electron chi connectivity index (χ2n) is 8.11. The van der Waals surface area contributed by atoms with Gasteiger partial charge < -0.3 is 15.2 Å². The van der Waals surface area contributed by atoms with Crippen LogP contribution in [0.5, 0.6) is 11.5 Å². The number of aliphatic imine (C=N–C) groups is 1. The first-order valence-electron chi connectivity index (χ1n) is 11.5. The molecule has 1 saturated heterocycles. The fourth-order valence-electron chi connectivity index (χ4n) is 3.53. The molecule has 0 radical (unpaired) electrons. The van der Waals surface area contributed by atoms with E-state index in [1.54, 1.807) is 23.1 Å². The first-order valence-corrected chi connectivity index (χ1v) is 12.3. The molecule has 184 valence electrons. The number of nitrogens with two attached hydrogens (primary N) is 1. The molecule has 1 fully saturated rings. The van der Waals surface area contributed by atoms with E-state index in [1.807, 2.05) is 74.5 Å². The van der Waals surface area contributed by atoms with E-state index in [0.29, 0.717) is 34.7 Å². The van der Waals surface area contributed by atoms with Crippen LogP contribution in [0.2, 0.25) is 0 Å². The van der Waals surface area contributed by atoms with Crippen molar-refractivity contribution < 1.29 is 19.1 Å². The van der Waals surface area contributed by atoms with E-state index in [-0.39, 0.29) is 12.5 Å². The standard InChI is InChI=1S/C28H27N3O4S/c1-3-34-24-15-21(11-14-23(24)35-18-26(29)32)16-25-27(33)31(17-20-7-5-4-6-8-20)28(36-25)30-22-12-9-19(2)10-13-22/h4-16H,3,17-18H2,1-2H3,(H2,29,32)/b25-16+,30-28?. The summed E-state index contributed by atoms with van der Waals surface area (Å²) in [6.45, 7) is 4.46. The van der Waals surface area contributed by atoms with Gasteiger partial charge in [0.1, 0.15) is 0 Å². The van der Waals surface area contributed by atoms with Gasteiger partial charge in [0.15, 0.2) is 23.3 Å². The molecule has 2 N–H and O–H groups in total. The summed E-state index contributed by atoms with van der Waals surface area (Å²) < 4.78 is 11.1. The number of nitrogens with zero attached hydrogens (tertiary/aromatic N) is 2. The predicted molar refractivity (Wildman–Crippen MR) is 143 cm³/mol. The Morgan fingerprint density at radius 3 is 2.47 bits per heavy atom. The average Bonchev–Trinajstić information content (AvgIpc) is 3.14. The highest BCUT2D eigenvalue weighted by atomic mass is 32.2. The Labute approximate surface area is 214 Å². The number of carbonyl (C=O) groups is 2. The van der Waals surface area contributed by atoms with Crippen LogP contribution in [0, 0.1) is 6.92 Å². The molecule has 36 heavy (non-hydrogen) atoms. The number of hydrogen-bond donors (Lipinski definition) is 1. The Bertz CT molecular complexity index is 1300. The van der Waals surface area contributed by atoms with Crippen LogP contribution in [0.15, 0.2) is 82.7 Å². The van der Waals surface area contributed by atoms with Crippen LogP contribution in [-0.4, -0.2) is 35.1 Å². The number of thioether (sulfide) groups is 1. The second kappa shape index (κ2) is 11.6. The Morgan fingerprint density at radius 1 is 1.03 bits per heavy atom. The molecule has 0 atom stereocenters. The lowest BCUT2D eigenvalue weighted by molar-refractivity contribution is -0.122. The van der Waals surface area contributed by atoms with Crippen LogP contribution in [-0.2, 0) is 16.1 Å². The van der Waals surface area contributed by atoms with Crippen molar-refractivity contribution >= 4 is 40.5 Å². The van der Waals surface area contributed by atoms with Gasteiger partial charge in [0.25, 0.3) is 11.8 Å². The number of hydrogen-bond acceptors (Lipinski definition) is 6. The summed E-state index contributed by atoms with van der Waals surface area (Å²) in [4.78, 5) is 31.6. The number of amides is 2.